The van der Waals surface area contributed by atoms with Crippen molar-refractivity contribution in [3.8, 4) is 0 Å². The van der Waals surface area contributed by atoms with Crippen LogP contribution in [0.3, 0.4) is 0 Å². The van der Waals surface area contributed by atoms with E-state index in [1.54, 1.807) is 0 Å². The first-order valence-corrected chi connectivity index (χ1v) is 8.22. The highest BCUT2D eigenvalue weighted by atomic mass is 16.2. The van der Waals surface area contributed by atoms with Gasteiger partial charge in [-0.2, -0.15) is 0 Å². The number of carbonyl (C=O) groups is 1. The fourth-order valence-corrected chi connectivity index (χ4v) is 3.76. The number of hydrogen-bond acceptors (Lipinski definition) is 2. The third kappa shape index (κ3) is 2.71. The fraction of sp³-hybridized carbons (Fsp3) is 0.611. The molecule has 1 saturated carbocycles. The van der Waals surface area contributed by atoms with E-state index in [1.165, 1.54) is 24.0 Å². The summed E-state index contributed by atoms with van der Waals surface area (Å²) in [6.07, 6.45) is 4.86. The molecule has 1 heterocycles. The molecule has 0 spiro atoms. The highest BCUT2D eigenvalue weighted by Gasteiger charge is 2.44. The molecule has 1 aromatic rings. The van der Waals surface area contributed by atoms with Gasteiger partial charge in [-0.25, -0.2) is 0 Å². The number of carbonyl (C=O) groups excluding carboxylic acids is 1. The highest BCUT2D eigenvalue weighted by Crippen LogP contribution is 2.35. The van der Waals surface area contributed by atoms with Crippen LogP contribution >= 0.6 is 0 Å². The lowest BCUT2D eigenvalue weighted by Gasteiger charge is -2.30. The Hall–Kier alpha value is -1.35. The predicted molar refractivity (Wildman–Crippen MR) is 84.8 cm³/mol. The van der Waals surface area contributed by atoms with E-state index in [4.69, 9.17) is 0 Å². The number of amides is 1. The van der Waals surface area contributed by atoms with E-state index in [0.29, 0.717) is 17.9 Å². The van der Waals surface area contributed by atoms with Crippen molar-refractivity contribution >= 4 is 5.91 Å². The molecule has 114 valence electrons. The SMILES string of the molecule is Cc1cccc(C2NC(C(C)C)C(=O)N2C2CCCC2)c1. The van der Waals surface area contributed by atoms with Gasteiger partial charge < -0.3 is 4.90 Å². The second-order valence-corrected chi connectivity index (χ2v) is 6.89. The number of hydrogen-bond donors (Lipinski definition) is 1. The van der Waals surface area contributed by atoms with Gasteiger partial charge in [0.25, 0.3) is 0 Å². The third-order valence-electron chi connectivity index (χ3n) is 4.88. The van der Waals surface area contributed by atoms with Gasteiger partial charge in [0.1, 0.15) is 6.17 Å². The van der Waals surface area contributed by atoms with Crippen LogP contribution in [-0.2, 0) is 4.79 Å². The minimum absolute atomic E-state index is 0.0453. The van der Waals surface area contributed by atoms with Crippen molar-refractivity contribution in [3.05, 3.63) is 35.4 Å². The van der Waals surface area contributed by atoms with Crippen molar-refractivity contribution in [1.82, 2.24) is 10.2 Å². The number of nitrogens with zero attached hydrogens (tertiary/aromatic N) is 1. The second kappa shape index (κ2) is 5.80. The summed E-state index contributed by atoms with van der Waals surface area (Å²) < 4.78 is 0. The molecule has 1 aliphatic heterocycles. The van der Waals surface area contributed by atoms with Gasteiger partial charge in [-0.15, -0.1) is 0 Å². The Bertz CT molecular complexity index is 520. The number of rotatable bonds is 3. The van der Waals surface area contributed by atoms with Crippen molar-refractivity contribution in [2.24, 2.45) is 5.92 Å². The molecule has 3 nitrogen and oxygen atoms in total. The maximum Gasteiger partial charge on any atom is 0.241 e. The van der Waals surface area contributed by atoms with E-state index >= 15 is 0 Å². The van der Waals surface area contributed by atoms with Crippen LogP contribution in [-0.4, -0.2) is 22.9 Å². The molecule has 0 aromatic heterocycles. The van der Waals surface area contributed by atoms with Crippen LogP contribution in [0.5, 0.6) is 0 Å². The summed E-state index contributed by atoms with van der Waals surface area (Å²) in [5.41, 5.74) is 2.47. The molecule has 2 fully saturated rings. The molecule has 2 unspecified atom stereocenters. The van der Waals surface area contributed by atoms with Crippen molar-refractivity contribution < 1.29 is 4.79 Å². The Labute approximate surface area is 127 Å². The molecular weight excluding hydrogens is 260 g/mol. The Morgan fingerprint density at radius 2 is 1.95 bits per heavy atom. The van der Waals surface area contributed by atoms with Crippen molar-refractivity contribution in [2.45, 2.75) is 64.7 Å². The summed E-state index contributed by atoms with van der Waals surface area (Å²) in [7, 11) is 0. The minimum Gasteiger partial charge on any atom is -0.319 e. The Kier molecular flexibility index (Phi) is 4.03. The van der Waals surface area contributed by atoms with Crippen LogP contribution in [0.25, 0.3) is 0 Å². The molecule has 1 N–H and O–H groups in total. The van der Waals surface area contributed by atoms with Crippen LogP contribution in [0.4, 0.5) is 0 Å². The number of benzene rings is 1. The molecule has 1 saturated heterocycles. The summed E-state index contributed by atoms with van der Waals surface area (Å²) in [5, 5.41) is 3.59. The first kappa shape index (κ1) is 14.6. The van der Waals surface area contributed by atoms with E-state index in [1.807, 2.05) is 0 Å². The van der Waals surface area contributed by atoms with Gasteiger partial charge in [-0.1, -0.05) is 56.5 Å². The van der Waals surface area contributed by atoms with Crippen LogP contribution < -0.4 is 5.32 Å². The monoisotopic (exact) mass is 286 g/mol. The standard InChI is InChI=1S/C18H26N2O/c1-12(2)16-18(21)20(15-9-4-5-10-15)17(19-16)14-8-6-7-13(3)11-14/h6-8,11-12,15-17,19H,4-5,9-10H2,1-3H3. The van der Waals surface area contributed by atoms with E-state index < -0.39 is 0 Å². The summed E-state index contributed by atoms with van der Waals surface area (Å²) in [4.78, 5) is 15.0. The molecule has 2 aliphatic rings. The topological polar surface area (TPSA) is 32.3 Å². The summed E-state index contributed by atoms with van der Waals surface area (Å²) in [6, 6.07) is 8.92. The van der Waals surface area contributed by atoms with Gasteiger partial charge in [0.2, 0.25) is 5.91 Å². The lowest BCUT2D eigenvalue weighted by molar-refractivity contribution is -0.133. The van der Waals surface area contributed by atoms with Crippen LogP contribution in [0.2, 0.25) is 0 Å². The number of nitrogens with one attached hydrogen (secondary N) is 1. The van der Waals surface area contributed by atoms with Crippen LogP contribution in [0.1, 0.15) is 56.8 Å². The van der Waals surface area contributed by atoms with Crippen molar-refractivity contribution in [3.63, 3.8) is 0 Å². The van der Waals surface area contributed by atoms with Crippen molar-refractivity contribution in [1.29, 1.82) is 0 Å². The lowest BCUT2D eigenvalue weighted by Crippen LogP contribution is -2.39. The molecule has 21 heavy (non-hydrogen) atoms. The normalized spacial score (nSPS) is 27.0. The second-order valence-electron chi connectivity index (χ2n) is 6.89. The van der Waals surface area contributed by atoms with Gasteiger partial charge in [-0.3, -0.25) is 10.1 Å². The summed E-state index contributed by atoms with van der Waals surface area (Å²) >= 11 is 0. The molecule has 3 heteroatoms. The van der Waals surface area contributed by atoms with Gasteiger partial charge in [0, 0.05) is 6.04 Å². The summed E-state index contributed by atoms with van der Waals surface area (Å²) in [5.74, 6) is 0.625. The van der Waals surface area contributed by atoms with Gasteiger partial charge in [0.15, 0.2) is 0 Å². The first-order chi connectivity index (χ1) is 10.1. The average Bonchev–Trinajstić information content (AvgIpc) is 3.05. The highest BCUT2D eigenvalue weighted by molar-refractivity contribution is 5.85. The average molecular weight is 286 g/mol. The maximum atomic E-state index is 12.9. The van der Waals surface area contributed by atoms with Crippen LogP contribution in [0, 0.1) is 12.8 Å². The molecule has 1 aliphatic carbocycles. The van der Waals surface area contributed by atoms with Gasteiger partial charge >= 0.3 is 0 Å². The fourth-order valence-electron chi connectivity index (χ4n) is 3.76. The van der Waals surface area contributed by atoms with E-state index in [0.717, 1.165) is 12.8 Å². The Morgan fingerprint density at radius 3 is 2.57 bits per heavy atom. The Balaban J connectivity index is 1.93. The number of aryl methyl sites for hydroxylation is 1. The zero-order valence-electron chi connectivity index (χ0n) is 13.3. The first-order valence-electron chi connectivity index (χ1n) is 8.22. The van der Waals surface area contributed by atoms with E-state index in [2.05, 4.69) is 55.3 Å². The molecule has 3 rings (SSSR count). The lowest BCUT2D eigenvalue weighted by atomic mass is 10.0. The zero-order valence-corrected chi connectivity index (χ0v) is 13.3. The van der Waals surface area contributed by atoms with Crippen molar-refractivity contribution in [2.75, 3.05) is 0 Å². The van der Waals surface area contributed by atoms with E-state index in [9.17, 15) is 4.79 Å². The van der Waals surface area contributed by atoms with Gasteiger partial charge in [0.05, 0.1) is 6.04 Å². The quantitative estimate of drug-likeness (QED) is 0.923. The smallest absolute Gasteiger partial charge is 0.241 e. The predicted octanol–water partition coefficient (Wildman–Crippen LogP) is 3.39. The molecule has 1 amide bonds. The molecule has 0 bridgehead atoms. The molecular formula is C18H26N2O. The van der Waals surface area contributed by atoms with Gasteiger partial charge in [-0.05, 0) is 31.2 Å². The molecule has 1 aromatic carbocycles. The summed E-state index contributed by atoms with van der Waals surface area (Å²) in [6.45, 7) is 6.36. The third-order valence-corrected chi connectivity index (χ3v) is 4.88. The largest absolute Gasteiger partial charge is 0.319 e. The zero-order chi connectivity index (χ0) is 15.0. The van der Waals surface area contributed by atoms with Crippen LogP contribution in [0.15, 0.2) is 24.3 Å². The van der Waals surface area contributed by atoms with E-state index in [-0.39, 0.29) is 12.2 Å². The Morgan fingerprint density at radius 1 is 1.24 bits per heavy atom. The maximum absolute atomic E-state index is 12.9. The minimum atomic E-state index is -0.0453. The molecule has 0 radical (unpaired) electrons. The molecule has 2 atom stereocenters.